The highest BCUT2D eigenvalue weighted by molar-refractivity contribution is 5.95. The number of rotatable bonds is 4. The third-order valence-corrected chi connectivity index (χ3v) is 6.97. The molecule has 1 aliphatic rings. The van der Waals surface area contributed by atoms with Crippen LogP contribution < -0.4 is 5.73 Å². The summed E-state index contributed by atoms with van der Waals surface area (Å²) in [5.41, 5.74) is 12.8. The van der Waals surface area contributed by atoms with Crippen LogP contribution in [0.5, 0.6) is 0 Å². The number of aryl methyl sites for hydroxylation is 1. The first kappa shape index (κ1) is 21.6. The second-order valence-corrected chi connectivity index (χ2v) is 9.38. The number of pyridine rings is 2. The molecule has 5 aromatic rings. The molecule has 0 aliphatic carbocycles. The van der Waals surface area contributed by atoms with Gasteiger partial charge in [0.05, 0.1) is 5.69 Å². The smallest absolute Gasteiger partial charge is 0.254 e. The molecule has 2 N–H and O–H groups in total. The maximum absolute atomic E-state index is 13.1. The Kier molecular flexibility index (Phi) is 5.34. The fourth-order valence-corrected chi connectivity index (χ4v) is 5.17. The average Bonchev–Trinajstić information content (AvgIpc) is 3.41. The molecule has 6 rings (SSSR count). The monoisotopic (exact) mass is 464 g/mol. The summed E-state index contributed by atoms with van der Waals surface area (Å²) in [7, 11) is 0. The summed E-state index contributed by atoms with van der Waals surface area (Å²) in [6, 6.07) is 18.5. The number of hydrogen-bond donors (Lipinski definition) is 1. The van der Waals surface area contributed by atoms with Gasteiger partial charge in [-0.1, -0.05) is 24.3 Å². The summed E-state index contributed by atoms with van der Waals surface area (Å²) in [6.45, 7) is 4.14. The number of aromatic nitrogens is 4. The second kappa shape index (κ2) is 8.67. The highest BCUT2D eigenvalue weighted by Crippen LogP contribution is 2.31. The molecule has 7 heteroatoms. The molecule has 7 nitrogen and oxygen atoms in total. The van der Waals surface area contributed by atoms with Crippen LogP contribution in [0.4, 0.5) is 0 Å². The summed E-state index contributed by atoms with van der Waals surface area (Å²) in [4.78, 5) is 24.3. The van der Waals surface area contributed by atoms with Crippen LogP contribution in [0.15, 0.2) is 73.2 Å². The molecule has 0 saturated carbocycles. The van der Waals surface area contributed by atoms with Crippen LogP contribution in [0.1, 0.15) is 34.5 Å². The first-order chi connectivity index (χ1) is 17.1. The Morgan fingerprint density at radius 1 is 1.14 bits per heavy atom. The Morgan fingerprint density at radius 2 is 2.03 bits per heavy atom. The van der Waals surface area contributed by atoms with Crippen LogP contribution in [0.2, 0.25) is 0 Å². The molecule has 4 aromatic heterocycles. The molecule has 0 radical (unpaired) electrons. The minimum absolute atomic E-state index is 0.0237. The van der Waals surface area contributed by atoms with Gasteiger partial charge in [-0.3, -0.25) is 9.78 Å². The number of carbonyl (C=O) groups is 1. The average molecular weight is 465 g/mol. The van der Waals surface area contributed by atoms with Crippen molar-refractivity contribution in [1.82, 2.24) is 23.8 Å². The molecule has 1 fully saturated rings. The number of para-hydroxylation sites is 1. The van der Waals surface area contributed by atoms with Crippen molar-refractivity contribution >= 4 is 22.5 Å². The molecule has 0 spiro atoms. The maximum Gasteiger partial charge on any atom is 0.254 e. The predicted octanol–water partition coefficient (Wildman–Crippen LogP) is 4.27. The lowest BCUT2D eigenvalue weighted by atomic mass is 10.1. The van der Waals surface area contributed by atoms with Crippen molar-refractivity contribution in [2.45, 2.75) is 32.4 Å². The van der Waals surface area contributed by atoms with Crippen molar-refractivity contribution in [1.29, 1.82) is 0 Å². The zero-order valence-electron chi connectivity index (χ0n) is 19.8. The summed E-state index contributed by atoms with van der Waals surface area (Å²) in [5, 5.41) is 1.17. The van der Waals surface area contributed by atoms with E-state index in [0.29, 0.717) is 18.7 Å². The number of hydrogen-bond acceptors (Lipinski definition) is 4. The third-order valence-electron chi connectivity index (χ3n) is 6.97. The topological polar surface area (TPSA) is 81.5 Å². The van der Waals surface area contributed by atoms with E-state index in [9.17, 15) is 4.79 Å². The van der Waals surface area contributed by atoms with Gasteiger partial charge in [0.2, 0.25) is 0 Å². The highest BCUT2D eigenvalue weighted by Gasteiger charge is 2.23. The van der Waals surface area contributed by atoms with Crippen molar-refractivity contribution < 1.29 is 4.79 Å². The second-order valence-electron chi connectivity index (χ2n) is 9.38. The van der Waals surface area contributed by atoms with Gasteiger partial charge in [0.15, 0.2) is 0 Å². The lowest BCUT2D eigenvalue weighted by Crippen LogP contribution is -2.45. The Morgan fingerprint density at radius 3 is 2.86 bits per heavy atom. The molecule has 0 bridgehead atoms. The van der Waals surface area contributed by atoms with E-state index in [1.165, 1.54) is 5.39 Å². The number of amides is 1. The van der Waals surface area contributed by atoms with E-state index >= 15 is 0 Å². The zero-order valence-corrected chi connectivity index (χ0v) is 19.8. The van der Waals surface area contributed by atoms with Crippen molar-refractivity contribution in [3.05, 3.63) is 90.0 Å². The number of nitrogens with two attached hydrogens (primary N) is 1. The van der Waals surface area contributed by atoms with Crippen molar-refractivity contribution in [2.24, 2.45) is 5.73 Å². The molecule has 35 heavy (non-hydrogen) atoms. The largest absolute Gasteiger partial charge is 0.337 e. The summed E-state index contributed by atoms with van der Waals surface area (Å²) >= 11 is 0. The predicted molar refractivity (Wildman–Crippen MR) is 137 cm³/mol. The number of carbonyl (C=O) groups excluding carboxylic acids is 1. The van der Waals surface area contributed by atoms with Crippen LogP contribution in [0.3, 0.4) is 0 Å². The van der Waals surface area contributed by atoms with E-state index in [1.807, 2.05) is 35.5 Å². The molecular formula is C28H28N6O. The molecule has 1 unspecified atom stereocenters. The van der Waals surface area contributed by atoms with E-state index in [1.54, 1.807) is 6.20 Å². The summed E-state index contributed by atoms with van der Waals surface area (Å²) < 4.78 is 4.35. The molecule has 1 aromatic carbocycles. The number of piperidine rings is 1. The fraction of sp³-hybridized carbons (Fsp3) is 0.250. The minimum Gasteiger partial charge on any atom is -0.337 e. The Balaban J connectivity index is 1.43. The molecular weight excluding hydrogens is 436 g/mol. The number of fused-ring (bicyclic) bond motifs is 2. The van der Waals surface area contributed by atoms with Crippen LogP contribution >= 0.6 is 0 Å². The maximum atomic E-state index is 13.1. The van der Waals surface area contributed by atoms with Crippen LogP contribution in [0, 0.1) is 6.92 Å². The van der Waals surface area contributed by atoms with E-state index in [-0.39, 0.29) is 11.9 Å². The third kappa shape index (κ3) is 3.88. The van der Waals surface area contributed by atoms with Gasteiger partial charge in [-0.15, -0.1) is 0 Å². The minimum atomic E-state index is 0.0237. The van der Waals surface area contributed by atoms with Gasteiger partial charge < -0.3 is 19.6 Å². The SMILES string of the molecule is Cc1c(-c2cc3ccccc3n2Cc2cccnc2)nc2cc(C(=O)N3CCCC(N)C3)ccn12. The van der Waals surface area contributed by atoms with Gasteiger partial charge in [0, 0.05) is 66.4 Å². The van der Waals surface area contributed by atoms with E-state index in [4.69, 9.17) is 10.7 Å². The Labute approximate surface area is 203 Å². The van der Waals surface area contributed by atoms with Gasteiger partial charge >= 0.3 is 0 Å². The first-order valence-corrected chi connectivity index (χ1v) is 12.1. The Hall–Kier alpha value is -3.97. The molecule has 1 saturated heterocycles. The van der Waals surface area contributed by atoms with Crippen molar-refractivity contribution in [3.63, 3.8) is 0 Å². The van der Waals surface area contributed by atoms with Gasteiger partial charge in [0.1, 0.15) is 11.3 Å². The number of benzene rings is 1. The summed E-state index contributed by atoms with van der Waals surface area (Å²) in [5.74, 6) is 0.0237. The zero-order chi connectivity index (χ0) is 23.9. The first-order valence-electron chi connectivity index (χ1n) is 12.1. The molecule has 1 atom stereocenters. The van der Waals surface area contributed by atoms with E-state index in [2.05, 4.69) is 57.3 Å². The normalized spacial score (nSPS) is 16.3. The lowest BCUT2D eigenvalue weighted by Gasteiger charge is -2.30. The van der Waals surface area contributed by atoms with Gasteiger partial charge in [0.25, 0.3) is 5.91 Å². The van der Waals surface area contributed by atoms with Crippen molar-refractivity contribution in [2.75, 3.05) is 13.1 Å². The van der Waals surface area contributed by atoms with Crippen LogP contribution in [-0.2, 0) is 6.54 Å². The van der Waals surface area contributed by atoms with Crippen LogP contribution in [0.25, 0.3) is 27.9 Å². The number of likely N-dealkylation sites (tertiary alicyclic amines) is 1. The van der Waals surface area contributed by atoms with Crippen molar-refractivity contribution in [3.8, 4) is 11.4 Å². The van der Waals surface area contributed by atoms with Crippen LogP contribution in [-0.4, -0.2) is 48.9 Å². The molecule has 1 amide bonds. The van der Waals surface area contributed by atoms with E-state index < -0.39 is 0 Å². The number of nitrogens with zero attached hydrogens (tertiary/aromatic N) is 5. The number of imidazole rings is 1. The highest BCUT2D eigenvalue weighted by atomic mass is 16.2. The fourth-order valence-electron chi connectivity index (χ4n) is 5.17. The molecule has 5 heterocycles. The van der Waals surface area contributed by atoms with Gasteiger partial charge in [-0.25, -0.2) is 4.98 Å². The summed E-state index contributed by atoms with van der Waals surface area (Å²) in [6.07, 6.45) is 7.56. The standard InChI is InChI=1S/C28H28N6O/c1-19-27(25-14-21-7-2-3-9-24(21)34(25)17-20-6-4-11-30-16-20)31-26-15-22(10-13-33(19)26)28(35)32-12-5-8-23(29)18-32/h2-4,6-7,9-11,13-16,23H,5,8,12,17-18,29H2,1H3. The molecule has 1 aliphatic heterocycles. The van der Waals surface area contributed by atoms with Gasteiger partial charge in [-0.2, -0.15) is 0 Å². The quantitative estimate of drug-likeness (QED) is 0.431. The molecule has 176 valence electrons. The van der Waals surface area contributed by atoms with E-state index in [0.717, 1.165) is 53.2 Å². The lowest BCUT2D eigenvalue weighted by molar-refractivity contribution is 0.0709. The Bertz CT molecular complexity index is 1530. The van der Waals surface area contributed by atoms with Gasteiger partial charge in [-0.05, 0) is 55.7 Å².